The van der Waals surface area contributed by atoms with Crippen LogP contribution in [0, 0.1) is 17.6 Å². The number of H-pyrrole nitrogens is 1. The fourth-order valence-corrected chi connectivity index (χ4v) is 3.60. The Morgan fingerprint density at radius 2 is 2.24 bits per heavy atom. The van der Waals surface area contributed by atoms with Gasteiger partial charge in [0.05, 0.1) is 11.8 Å². The molecule has 7 heteroatoms. The van der Waals surface area contributed by atoms with E-state index < -0.39 is 0 Å². The Bertz CT molecular complexity index is 798. The summed E-state index contributed by atoms with van der Waals surface area (Å²) >= 11 is 5.25. The van der Waals surface area contributed by atoms with Crippen LogP contribution in [-0.2, 0) is 9.53 Å². The summed E-state index contributed by atoms with van der Waals surface area (Å²) in [6.45, 7) is 4.15. The van der Waals surface area contributed by atoms with Crippen molar-refractivity contribution in [2.75, 3.05) is 11.9 Å². The number of aromatic amines is 1. The maximum absolute atomic E-state index is 12.2. The molecule has 1 amide bonds. The zero-order valence-electron chi connectivity index (χ0n) is 14.6. The number of rotatable bonds is 5. The van der Waals surface area contributed by atoms with Crippen molar-refractivity contribution in [3.8, 4) is 5.69 Å². The highest BCUT2D eigenvalue weighted by Gasteiger charge is 2.22. The average Bonchev–Trinajstić information content (AvgIpc) is 2.93. The third-order valence-corrected chi connectivity index (χ3v) is 4.96. The average molecular weight is 360 g/mol. The third-order valence-electron chi connectivity index (χ3n) is 4.69. The molecule has 6 nitrogen and oxygen atoms in total. The molecule has 3 rings (SSSR count). The van der Waals surface area contributed by atoms with E-state index in [0.717, 1.165) is 17.9 Å². The lowest BCUT2D eigenvalue weighted by Crippen LogP contribution is -2.29. The van der Waals surface area contributed by atoms with E-state index in [1.165, 1.54) is 19.3 Å². The van der Waals surface area contributed by atoms with Crippen molar-refractivity contribution in [2.24, 2.45) is 5.92 Å². The molecule has 1 aromatic heterocycles. The first-order chi connectivity index (χ1) is 12.0. The zero-order chi connectivity index (χ0) is 17.8. The van der Waals surface area contributed by atoms with Gasteiger partial charge in [-0.2, -0.15) is 5.10 Å². The smallest absolute Gasteiger partial charge is 0.250 e. The monoisotopic (exact) mass is 360 g/mol. The summed E-state index contributed by atoms with van der Waals surface area (Å²) in [5.74, 6) is 1.15. The van der Waals surface area contributed by atoms with Crippen molar-refractivity contribution in [3.05, 3.63) is 34.9 Å². The third kappa shape index (κ3) is 4.35. The van der Waals surface area contributed by atoms with Crippen molar-refractivity contribution >= 4 is 23.8 Å². The van der Waals surface area contributed by atoms with Crippen LogP contribution in [0.15, 0.2) is 24.3 Å². The number of benzene rings is 1. The van der Waals surface area contributed by atoms with Gasteiger partial charge in [-0.05, 0) is 56.1 Å². The Balaban J connectivity index is 1.62. The first-order valence-corrected chi connectivity index (χ1v) is 9.11. The molecule has 1 saturated carbocycles. The van der Waals surface area contributed by atoms with Crippen LogP contribution in [0.4, 0.5) is 5.69 Å². The number of nitrogens with zero attached hydrogens (tertiary/aromatic N) is 2. The second-order valence-electron chi connectivity index (χ2n) is 6.62. The van der Waals surface area contributed by atoms with E-state index in [4.69, 9.17) is 17.0 Å². The zero-order valence-corrected chi connectivity index (χ0v) is 15.4. The SMILES string of the molecule is Cc1n[nH]c(=S)n1-c1cccc(NC(=O)CO[C@@H]2CCCC[C@H]2C)c1. The van der Waals surface area contributed by atoms with Gasteiger partial charge in [-0.25, -0.2) is 0 Å². The quantitative estimate of drug-likeness (QED) is 0.796. The van der Waals surface area contributed by atoms with Gasteiger partial charge < -0.3 is 10.1 Å². The lowest BCUT2D eigenvalue weighted by atomic mass is 9.88. The lowest BCUT2D eigenvalue weighted by molar-refractivity contribution is -0.124. The van der Waals surface area contributed by atoms with Crippen LogP contribution in [0.1, 0.15) is 38.4 Å². The highest BCUT2D eigenvalue weighted by atomic mass is 32.1. The summed E-state index contributed by atoms with van der Waals surface area (Å²) in [6, 6.07) is 7.53. The summed E-state index contributed by atoms with van der Waals surface area (Å²) in [7, 11) is 0. The maximum Gasteiger partial charge on any atom is 0.250 e. The molecule has 2 aromatic rings. The van der Waals surface area contributed by atoms with Crippen molar-refractivity contribution in [3.63, 3.8) is 0 Å². The first-order valence-electron chi connectivity index (χ1n) is 8.70. The summed E-state index contributed by atoms with van der Waals surface area (Å²) in [5, 5.41) is 9.77. The van der Waals surface area contributed by atoms with Crippen LogP contribution in [0.2, 0.25) is 0 Å². The minimum atomic E-state index is -0.137. The van der Waals surface area contributed by atoms with Crippen LogP contribution in [0.5, 0.6) is 0 Å². The number of ether oxygens (including phenoxy) is 1. The second kappa shape index (κ2) is 7.93. The van der Waals surface area contributed by atoms with Gasteiger partial charge in [-0.15, -0.1) is 0 Å². The molecule has 1 fully saturated rings. The fourth-order valence-electron chi connectivity index (χ4n) is 3.31. The van der Waals surface area contributed by atoms with Crippen molar-refractivity contribution in [1.29, 1.82) is 0 Å². The van der Waals surface area contributed by atoms with Crippen molar-refractivity contribution in [1.82, 2.24) is 14.8 Å². The first kappa shape index (κ1) is 17.8. The molecule has 2 atom stereocenters. The Hall–Kier alpha value is -1.99. The van der Waals surface area contributed by atoms with Gasteiger partial charge in [0.2, 0.25) is 5.91 Å². The predicted octanol–water partition coefficient (Wildman–Crippen LogP) is 3.77. The largest absolute Gasteiger partial charge is 0.368 e. The molecule has 0 bridgehead atoms. The van der Waals surface area contributed by atoms with Crippen molar-refractivity contribution in [2.45, 2.75) is 45.6 Å². The Kier molecular flexibility index (Phi) is 5.65. The number of carbonyl (C=O) groups is 1. The van der Waals surface area contributed by atoms with Crippen LogP contribution in [0.25, 0.3) is 5.69 Å². The summed E-state index contributed by atoms with van der Waals surface area (Å²) in [6.07, 6.45) is 4.86. The van der Waals surface area contributed by atoms with E-state index in [-0.39, 0.29) is 18.6 Å². The van der Waals surface area contributed by atoms with Crippen LogP contribution >= 0.6 is 12.2 Å². The van der Waals surface area contributed by atoms with Gasteiger partial charge in [-0.1, -0.05) is 25.8 Å². The van der Waals surface area contributed by atoms with E-state index in [0.29, 0.717) is 16.4 Å². The molecule has 134 valence electrons. The molecule has 0 radical (unpaired) electrons. The topological polar surface area (TPSA) is 71.9 Å². The number of anilines is 1. The molecule has 0 aliphatic heterocycles. The molecule has 0 spiro atoms. The summed E-state index contributed by atoms with van der Waals surface area (Å²) in [4.78, 5) is 12.2. The van der Waals surface area contributed by atoms with E-state index >= 15 is 0 Å². The number of carbonyl (C=O) groups excluding carboxylic acids is 1. The molecular formula is C18H24N4O2S. The molecule has 1 aliphatic rings. The minimum absolute atomic E-state index is 0.0867. The molecule has 2 N–H and O–H groups in total. The molecule has 1 aliphatic carbocycles. The molecule has 1 aromatic carbocycles. The van der Waals surface area contributed by atoms with E-state index in [2.05, 4.69) is 22.4 Å². The fraction of sp³-hybridized carbons (Fsp3) is 0.500. The number of nitrogens with one attached hydrogen (secondary N) is 2. The lowest BCUT2D eigenvalue weighted by Gasteiger charge is -2.28. The second-order valence-corrected chi connectivity index (χ2v) is 7.01. The highest BCUT2D eigenvalue weighted by Crippen LogP contribution is 2.26. The number of hydrogen-bond donors (Lipinski definition) is 2. The van der Waals surface area contributed by atoms with Gasteiger partial charge >= 0.3 is 0 Å². The van der Waals surface area contributed by atoms with Gasteiger partial charge in [0.1, 0.15) is 12.4 Å². The molecule has 0 saturated heterocycles. The Morgan fingerprint density at radius 3 is 2.96 bits per heavy atom. The van der Waals surface area contributed by atoms with Gasteiger partial charge in [-0.3, -0.25) is 14.5 Å². The Morgan fingerprint density at radius 1 is 1.44 bits per heavy atom. The van der Waals surface area contributed by atoms with E-state index in [1.807, 2.05) is 35.8 Å². The van der Waals surface area contributed by atoms with Crippen molar-refractivity contribution < 1.29 is 9.53 Å². The van der Waals surface area contributed by atoms with Gasteiger partial charge in [0, 0.05) is 5.69 Å². The maximum atomic E-state index is 12.2. The number of aromatic nitrogens is 3. The number of amides is 1. The molecule has 1 heterocycles. The Labute approximate surface area is 152 Å². The van der Waals surface area contributed by atoms with E-state index in [9.17, 15) is 4.79 Å². The normalized spacial score (nSPS) is 20.4. The molecule has 0 unspecified atom stereocenters. The summed E-state index contributed by atoms with van der Waals surface area (Å²) in [5.41, 5.74) is 1.57. The van der Waals surface area contributed by atoms with Crippen LogP contribution in [0.3, 0.4) is 0 Å². The summed E-state index contributed by atoms with van der Waals surface area (Å²) < 4.78 is 8.17. The molecule has 25 heavy (non-hydrogen) atoms. The number of aryl methyl sites for hydroxylation is 1. The van der Waals surface area contributed by atoms with Crippen LogP contribution < -0.4 is 5.32 Å². The predicted molar refractivity (Wildman–Crippen MR) is 99.5 cm³/mol. The van der Waals surface area contributed by atoms with E-state index in [1.54, 1.807) is 0 Å². The standard InChI is InChI=1S/C18H24N4O2S/c1-12-6-3-4-9-16(12)24-11-17(23)19-14-7-5-8-15(10-14)22-13(2)20-21-18(22)25/h5,7-8,10,12,16H,3-4,6,9,11H2,1-2H3,(H,19,23)(H,21,25)/t12-,16-/m1/s1. The highest BCUT2D eigenvalue weighted by molar-refractivity contribution is 7.71. The van der Waals surface area contributed by atoms with Gasteiger partial charge in [0.15, 0.2) is 4.77 Å². The van der Waals surface area contributed by atoms with Crippen LogP contribution in [-0.4, -0.2) is 33.4 Å². The molecular weight excluding hydrogens is 336 g/mol. The van der Waals surface area contributed by atoms with Gasteiger partial charge in [0.25, 0.3) is 0 Å². The minimum Gasteiger partial charge on any atom is -0.368 e. The number of hydrogen-bond acceptors (Lipinski definition) is 4.